The maximum atomic E-state index is 5.61. The molecule has 6 nitrogen and oxygen atoms in total. The lowest BCUT2D eigenvalue weighted by Gasteiger charge is -2.11. The molecular weight excluding hydrogens is 272 g/mol. The molecule has 1 atom stereocenters. The molecule has 112 valence electrons. The molecule has 1 aliphatic rings. The number of hydrogen-bond donors (Lipinski definition) is 0. The molecule has 2 aromatic rings. The number of nitrogens with zero attached hydrogens (tertiary/aromatic N) is 2. The van der Waals surface area contributed by atoms with Crippen LogP contribution in [0.25, 0.3) is 11.5 Å². The summed E-state index contributed by atoms with van der Waals surface area (Å²) < 4.78 is 21.8. The van der Waals surface area contributed by atoms with Gasteiger partial charge in [-0.1, -0.05) is 0 Å². The Balaban J connectivity index is 1.37. The van der Waals surface area contributed by atoms with Gasteiger partial charge in [0.15, 0.2) is 0 Å². The molecular formula is C15H18N2O4. The van der Waals surface area contributed by atoms with Crippen molar-refractivity contribution in [1.82, 2.24) is 10.2 Å². The normalized spacial score (nSPS) is 18.0. The van der Waals surface area contributed by atoms with Gasteiger partial charge in [0.25, 0.3) is 0 Å². The highest BCUT2D eigenvalue weighted by atomic mass is 16.5. The van der Waals surface area contributed by atoms with E-state index < -0.39 is 0 Å². The van der Waals surface area contributed by atoms with Gasteiger partial charge in [0.05, 0.1) is 19.3 Å². The number of ether oxygens (including phenoxy) is 3. The van der Waals surface area contributed by atoms with E-state index in [1.165, 1.54) is 6.39 Å². The molecule has 0 bridgehead atoms. The van der Waals surface area contributed by atoms with E-state index >= 15 is 0 Å². The molecule has 1 aromatic carbocycles. The largest absolute Gasteiger partial charge is 0.491 e. The zero-order chi connectivity index (χ0) is 14.3. The minimum atomic E-state index is 0.263. The van der Waals surface area contributed by atoms with E-state index in [4.69, 9.17) is 18.6 Å². The van der Waals surface area contributed by atoms with Crippen LogP contribution in [0.5, 0.6) is 5.75 Å². The first-order valence-electron chi connectivity index (χ1n) is 7.10. The second kappa shape index (κ2) is 7.19. The van der Waals surface area contributed by atoms with Gasteiger partial charge in [-0.25, -0.2) is 0 Å². The van der Waals surface area contributed by atoms with Gasteiger partial charge in [0.1, 0.15) is 12.4 Å². The molecule has 1 saturated heterocycles. The Hall–Kier alpha value is -1.92. The van der Waals surface area contributed by atoms with Crippen LogP contribution in [0.1, 0.15) is 12.8 Å². The second-order valence-corrected chi connectivity index (χ2v) is 4.83. The Labute approximate surface area is 123 Å². The highest BCUT2D eigenvalue weighted by Gasteiger charge is 2.14. The monoisotopic (exact) mass is 290 g/mol. The Morgan fingerprint density at radius 2 is 2.10 bits per heavy atom. The van der Waals surface area contributed by atoms with Crippen molar-refractivity contribution in [3.8, 4) is 17.2 Å². The minimum Gasteiger partial charge on any atom is -0.491 e. The van der Waals surface area contributed by atoms with Gasteiger partial charge in [-0.3, -0.25) is 0 Å². The summed E-state index contributed by atoms with van der Waals surface area (Å²) in [7, 11) is 0. The molecule has 0 radical (unpaired) electrons. The van der Waals surface area contributed by atoms with Crippen LogP contribution in [0.2, 0.25) is 0 Å². The molecule has 6 heteroatoms. The van der Waals surface area contributed by atoms with Crippen molar-refractivity contribution in [2.45, 2.75) is 18.9 Å². The lowest BCUT2D eigenvalue weighted by atomic mass is 10.2. The van der Waals surface area contributed by atoms with Crippen molar-refractivity contribution in [2.24, 2.45) is 0 Å². The summed E-state index contributed by atoms with van der Waals surface area (Å²) in [5, 5.41) is 7.50. The lowest BCUT2D eigenvalue weighted by molar-refractivity contribution is 0.00853. The van der Waals surface area contributed by atoms with Crippen molar-refractivity contribution in [3.05, 3.63) is 30.7 Å². The average molecular weight is 290 g/mol. The molecule has 0 aliphatic carbocycles. The SMILES string of the molecule is c1nnc(-c2ccc(OCCOC[C@@H]3CCCO3)cc2)o1. The van der Waals surface area contributed by atoms with Crippen LogP contribution in [0.4, 0.5) is 0 Å². The van der Waals surface area contributed by atoms with E-state index in [0.717, 1.165) is 30.8 Å². The Kier molecular flexibility index (Phi) is 4.81. The molecule has 0 N–H and O–H groups in total. The highest BCUT2D eigenvalue weighted by Crippen LogP contribution is 2.20. The van der Waals surface area contributed by atoms with Gasteiger partial charge in [-0.05, 0) is 37.1 Å². The third kappa shape index (κ3) is 4.03. The van der Waals surface area contributed by atoms with Crippen molar-refractivity contribution in [2.75, 3.05) is 26.4 Å². The summed E-state index contributed by atoms with van der Waals surface area (Å²) >= 11 is 0. The molecule has 2 heterocycles. The molecule has 1 aliphatic heterocycles. The van der Waals surface area contributed by atoms with Crippen molar-refractivity contribution in [1.29, 1.82) is 0 Å². The minimum absolute atomic E-state index is 0.263. The second-order valence-electron chi connectivity index (χ2n) is 4.83. The van der Waals surface area contributed by atoms with Crippen LogP contribution >= 0.6 is 0 Å². The summed E-state index contributed by atoms with van der Waals surface area (Å²) in [6, 6.07) is 7.52. The predicted octanol–water partition coefficient (Wildman–Crippen LogP) is 2.31. The maximum absolute atomic E-state index is 5.61. The molecule has 0 saturated carbocycles. The van der Waals surface area contributed by atoms with Gasteiger partial charge >= 0.3 is 0 Å². The summed E-state index contributed by atoms with van der Waals surface area (Å²) in [6.45, 7) is 2.59. The fraction of sp³-hybridized carbons (Fsp3) is 0.467. The number of hydrogen-bond acceptors (Lipinski definition) is 6. The molecule has 1 aromatic heterocycles. The van der Waals surface area contributed by atoms with E-state index in [1.54, 1.807) is 0 Å². The van der Waals surface area contributed by atoms with Gasteiger partial charge in [-0.2, -0.15) is 0 Å². The average Bonchev–Trinajstić information content (AvgIpc) is 3.21. The smallest absolute Gasteiger partial charge is 0.247 e. The standard InChI is InChI=1S/C15H18N2O4/c1-2-14(19-7-1)10-18-8-9-20-13-5-3-12(4-6-13)15-17-16-11-21-15/h3-6,11,14H,1-2,7-10H2/t14-/m0/s1. The van der Waals surface area contributed by atoms with Crippen LogP contribution < -0.4 is 4.74 Å². The molecule has 0 unspecified atom stereocenters. The van der Waals surface area contributed by atoms with Crippen LogP contribution in [-0.4, -0.2) is 42.7 Å². The number of benzene rings is 1. The first-order chi connectivity index (χ1) is 10.4. The van der Waals surface area contributed by atoms with Crippen LogP contribution in [0.3, 0.4) is 0 Å². The summed E-state index contributed by atoms with van der Waals surface area (Å²) in [4.78, 5) is 0. The fourth-order valence-electron chi connectivity index (χ4n) is 2.20. The maximum Gasteiger partial charge on any atom is 0.247 e. The first kappa shape index (κ1) is 14.0. The number of rotatable bonds is 7. The predicted molar refractivity (Wildman–Crippen MR) is 75.0 cm³/mol. The van der Waals surface area contributed by atoms with Crippen LogP contribution in [0, 0.1) is 0 Å². The van der Waals surface area contributed by atoms with E-state index in [-0.39, 0.29) is 6.10 Å². The highest BCUT2D eigenvalue weighted by molar-refractivity contribution is 5.53. The van der Waals surface area contributed by atoms with Crippen molar-refractivity contribution >= 4 is 0 Å². The topological polar surface area (TPSA) is 66.6 Å². The van der Waals surface area contributed by atoms with Crippen LogP contribution in [0.15, 0.2) is 35.1 Å². The number of aromatic nitrogens is 2. The van der Waals surface area contributed by atoms with E-state index in [9.17, 15) is 0 Å². The fourth-order valence-corrected chi connectivity index (χ4v) is 2.20. The van der Waals surface area contributed by atoms with Gasteiger partial charge in [0.2, 0.25) is 12.3 Å². The van der Waals surface area contributed by atoms with Crippen LogP contribution in [-0.2, 0) is 9.47 Å². The molecule has 21 heavy (non-hydrogen) atoms. The summed E-state index contributed by atoms with van der Waals surface area (Å²) in [5.74, 6) is 1.29. The molecule has 0 amide bonds. The zero-order valence-electron chi connectivity index (χ0n) is 11.7. The summed E-state index contributed by atoms with van der Waals surface area (Å²) in [6.07, 6.45) is 3.80. The first-order valence-corrected chi connectivity index (χ1v) is 7.10. The van der Waals surface area contributed by atoms with Gasteiger partial charge in [-0.15, -0.1) is 10.2 Å². The van der Waals surface area contributed by atoms with Crippen molar-refractivity contribution in [3.63, 3.8) is 0 Å². The van der Waals surface area contributed by atoms with E-state index in [2.05, 4.69) is 10.2 Å². The Morgan fingerprint density at radius 3 is 2.81 bits per heavy atom. The van der Waals surface area contributed by atoms with Gasteiger partial charge in [0, 0.05) is 12.2 Å². The van der Waals surface area contributed by atoms with Crippen molar-refractivity contribution < 1.29 is 18.6 Å². The zero-order valence-corrected chi connectivity index (χ0v) is 11.7. The van der Waals surface area contributed by atoms with E-state index in [0.29, 0.717) is 25.7 Å². The third-order valence-electron chi connectivity index (χ3n) is 3.29. The molecule has 0 spiro atoms. The Morgan fingerprint density at radius 1 is 1.19 bits per heavy atom. The Bertz CT molecular complexity index is 521. The summed E-state index contributed by atoms with van der Waals surface area (Å²) in [5.41, 5.74) is 0.870. The lowest BCUT2D eigenvalue weighted by Crippen LogP contribution is -2.17. The molecule has 1 fully saturated rings. The van der Waals surface area contributed by atoms with E-state index in [1.807, 2.05) is 24.3 Å². The quantitative estimate of drug-likeness (QED) is 0.729. The third-order valence-corrected chi connectivity index (χ3v) is 3.29. The molecule has 3 rings (SSSR count). The van der Waals surface area contributed by atoms with Gasteiger partial charge < -0.3 is 18.6 Å².